The van der Waals surface area contributed by atoms with E-state index in [-0.39, 0.29) is 0 Å². The van der Waals surface area contributed by atoms with E-state index in [4.69, 9.17) is 0 Å². The number of hydrogen-bond donors (Lipinski definition) is 1. The highest BCUT2D eigenvalue weighted by Gasteiger charge is 2.13. The second kappa shape index (κ2) is 6.41. The quantitative estimate of drug-likeness (QED) is 0.791. The molecule has 2 heteroatoms. The van der Waals surface area contributed by atoms with Crippen molar-refractivity contribution in [3.05, 3.63) is 21.9 Å². The molecule has 0 spiro atoms. The molecule has 0 aliphatic heterocycles. The van der Waals surface area contributed by atoms with Crippen molar-refractivity contribution in [2.45, 2.75) is 59.5 Å². The average Bonchev–Trinajstić information content (AvgIpc) is 2.62. The van der Waals surface area contributed by atoms with Crippen LogP contribution in [0.15, 0.2) is 12.1 Å². The molecule has 0 radical (unpaired) electrons. The van der Waals surface area contributed by atoms with Crippen LogP contribution < -0.4 is 5.32 Å². The second-order valence-corrected chi connectivity index (χ2v) is 6.33. The summed E-state index contributed by atoms with van der Waals surface area (Å²) in [5.74, 6) is 0.757. The zero-order chi connectivity index (χ0) is 12.1. The summed E-state index contributed by atoms with van der Waals surface area (Å²) in [4.78, 5) is 2.91. The Morgan fingerprint density at radius 1 is 1.25 bits per heavy atom. The molecular formula is C14H25NS. The largest absolute Gasteiger partial charge is 0.311 e. The first-order valence-electron chi connectivity index (χ1n) is 6.34. The molecule has 1 aromatic heterocycles. The number of nitrogens with one attached hydrogen (secondary N) is 1. The zero-order valence-electron chi connectivity index (χ0n) is 11.2. The molecule has 1 rings (SSSR count). The lowest BCUT2D eigenvalue weighted by Crippen LogP contribution is -2.39. The lowest BCUT2D eigenvalue weighted by Gasteiger charge is -2.24. The van der Waals surface area contributed by atoms with Gasteiger partial charge in [-0.2, -0.15) is 0 Å². The van der Waals surface area contributed by atoms with Crippen molar-refractivity contribution in [1.82, 2.24) is 5.32 Å². The van der Waals surface area contributed by atoms with E-state index in [1.54, 1.807) is 0 Å². The summed E-state index contributed by atoms with van der Waals surface area (Å²) >= 11 is 1.92. The third kappa shape index (κ3) is 4.26. The molecule has 0 aliphatic carbocycles. The van der Waals surface area contributed by atoms with E-state index in [0.29, 0.717) is 12.1 Å². The van der Waals surface area contributed by atoms with Crippen LogP contribution >= 0.6 is 11.3 Å². The summed E-state index contributed by atoms with van der Waals surface area (Å²) < 4.78 is 0. The Labute approximate surface area is 104 Å². The van der Waals surface area contributed by atoms with Crippen molar-refractivity contribution in [3.8, 4) is 0 Å². The first-order chi connectivity index (χ1) is 7.52. The van der Waals surface area contributed by atoms with Gasteiger partial charge in [-0.15, -0.1) is 11.3 Å². The molecule has 1 heterocycles. The van der Waals surface area contributed by atoms with E-state index in [9.17, 15) is 0 Å². The van der Waals surface area contributed by atoms with Crippen LogP contribution in [-0.4, -0.2) is 12.1 Å². The fourth-order valence-electron chi connectivity index (χ4n) is 1.92. The van der Waals surface area contributed by atoms with Crippen molar-refractivity contribution < 1.29 is 0 Å². The van der Waals surface area contributed by atoms with E-state index in [2.05, 4.69) is 52.1 Å². The van der Waals surface area contributed by atoms with Crippen molar-refractivity contribution in [3.63, 3.8) is 0 Å². The number of thiophene rings is 1. The van der Waals surface area contributed by atoms with Crippen LogP contribution in [0.5, 0.6) is 0 Å². The van der Waals surface area contributed by atoms with Gasteiger partial charge in [0.25, 0.3) is 0 Å². The third-order valence-corrected chi connectivity index (χ3v) is 4.37. The van der Waals surface area contributed by atoms with Gasteiger partial charge in [-0.1, -0.05) is 20.3 Å². The molecule has 0 aliphatic rings. The molecule has 3 atom stereocenters. The predicted molar refractivity (Wildman–Crippen MR) is 74.3 cm³/mol. The summed E-state index contributed by atoms with van der Waals surface area (Å²) in [5.41, 5.74) is 0. The maximum atomic E-state index is 3.69. The first kappa shape index (κ1) is 13.7. The lowest BCUT2D eigenvalue weighted by atomic mass is 10.00. The van der Waals surface area contributed by atoms with Gasteiger partial charge in [0, 0.05) is 21.8 Å². The van der Waals surface area contributed by atoms with E-state index in [1.807, 2.05) is 11.3 Å². The minimum atomic E-state index is 0.571. The van der Waals surface area contributed by atoms with Crippen LogP contribution in [-0.2, 0) is 6.42 Å². The smallest absolute Gasteiger partial charge is 0.00896 e. The topological polar surface area (TPSA) is 12.0 Å². The van der Waals surface area contributed by atoms with Crippen LogP contribution in [0.2, 0.25) is 0 Å². The molecule has 1 N–H and O–H groups in total. The number of hydrogen-bond acceptors (Lipinski definition) is 2. The molecule has 0 amide bonds. The first-order valence-corrected chi connectivity index (χ1v) is 7.16. The Morgan fingerprint density at radius 2 is 1.94 bits per heavy atom. The average molecular weight is 239 g/mol. The Kier molecular flexibility index (Phi) is 5.50. The Morgan fingerprint density at radius 3 is 2.44 bits per heavy atom. The van der Waals surface area contributed by atoms with Crippen molar-refractivity contribution in [2.75, 3.05) is 0 Å². The minimum absolute atomic E-state index is 0.571. The third-order valence-electron chi connectivity index (χ3n) is 3.35. The standard InChI is InChI=1S/C14H25NS/c1-6-10(2)13(5)15-11(3)9-14-8-7-12(4)16-14/h7-8,10-11,13,15H,6,9H2,1-5H3. The van der Waals surface area contributed by atoms with Crippen molar-refractivity contribution >= 4 is 11.3 Å². The number of aryl methyl sites for hydroxylation is 1. The Balaban J connectivity index is 2.38. The highest BCUT2D eigenvalue weighted by atomic mass is 32.1. The molecular weight excluding hydrogens is 214 g/mol. The van der Waals surface area contributed by atoms with E-state index in [0.717, 1.165) is 12.3 Å². The van der Waals surface area contributed by atoms with Gasteiger partial charge in [-0.05, 0) is 45.2 Å². The van der Waals surface area contributed by atoms with Crippen molar-refractivity contribution in [1.29, 1.82) is 0 Å². The predicted octanol–water partition coefficient (Wildman–Crippen LogP) is 4.01. The van der Waals surface area contributed by atoms with Gasteiger partial charge in [0.2, 0.25) is 0 Å². The molecule has 16 heavy (non-hydrogen) atoms. The van der Waals surface area contributed by atoms with Crippen LogP contribution in [0.25, 0.3) is 0 Å². The summed E-state index contributed by atoms with van der Waals surface area (Å²) in [6, 6.07) is 5.65. The van der Waals surface area contributed by atoms with Crippen LogP contribution in [0, 0.1) is 12.8 Å². The van der Waals surface area contributed by atoms with Gasteiger partial charge in [0.1, 0.15) is 0 Å². The molecule has 1 nitrogen and oxygen atoms in total. The van der Waals surface area contributed by atoms with E-state index >= 15 is 0 Å². The molecule has 0 aromatic carbocycles. The normalized spacial score (nSPS) is 17.1. The van der Waals surface area contributed by atoms with Gasteiger partial charge in [-0.25, -0.2) is 0 Å². The fourth-order valence-corrected chi connectivity index (χ4v) is 2.94. The van der Waals surface area contributed by atoms with E-state index in [1.165, 1.54) is 16.2 Å². The maximum absolute atomic E-state index is 3.69. The molecule has 3 unspecified atom stereocenters. The molecule has 1 aromatic rings. The van der Waals surface area contributed by atoms with Gasteiger partial charge in [0.15, 0.2) is 0 Å². The summed E-state index contributed by atoms with van der Waals surface area (Å²) in [6.07, 6.45) is 2.40. The van der Waals surface area contributed by atoms with Gasteiger partial charge in [-0.3, -0.25) is 0 Å². The highest BCUT2D eigenvalue weighted by molar-refractivity contribution is 7.11. The maximum Gasteiger partial charge on any atom is 0.00896 e. The highest BCUT2D eigenvalue weighted by Crippen LogP contribution is 2.17. The number of rotatable bonds is 6. The monoisotopic (exact) mass is 239 g/mol. The van der Waals surface area contributed by atoms with Crippen LogP contribution in [0.3, 0.4) is 0 Å². The molecule has 0 saturated carbocycles. The second-order valence-electron chi connectivity index (χ2n) is 4.96. The fraction of sp³-hybridized carbons (Fsp3) is 0.714. The molecule has 92 valence electrons. The summed E-state index contributed by atoms with van der Waals surface area (Å²) in [5, 5.41) is 3.69. The molecule has 0 saturated heterocycles. The Bertz CT molecular complexity index is 305. The van der Waals surface area contributed by atoms with Crippen LogP contribution in [0.4, 0.5) is 0 Å². The Hall–Kier alpha value is -0.340. The van der Waals surface area contributed by atoms with Gasteiger partial charge < -0.3 is 5.32 Å². The molecule has 0 bridgehead atoms. The van der Waals surface area contributed by atoms with Crippen molar-refractivity contribution in [2.24, 2.45) is 5.92 Å². The van der Waals surface area contributed by atoms with E-state index < -0.39 is 0 Å². The SMILES string of the molecule is CCC(C)C(C)NC(C)Cc1ccc(C)s1. The molecule has 0 fully saturated rings. The minimum Gasteiger partial charge on any atom is -0.311 e. The van der Waals surface area contributed by atoms with Gasteiger partial charge >= 0.3 is 0 Å². The van der Waals surface area contributed by atoms with Crippen LogP contribution in [0.1, 0.15) is 43.9 Å². The lowest BCUT2D eigenvalue weighted by molar-refractivity contribution is 0.356. The zero-order valence-corrected chi connectivity index (χ0v) is 12.0. The van der Waals surface area contributed by atoms with Gasteiger partial charge in [0.05, 0.1) is 0 Å². The summed E-state index contributed by atoms with van der Waals surface area (Å²) in [6.45, 7) is 11.3. The summed E-state index contributed by atoms with van der Waals surface area (Å²) in [7, 11) is 0.